The van der Waals surface area contributed by atoms with Gasteiger partial charge in [-0.3, -0.25) is 0 Å². The highest BCUT2D eigenvalue weighted by atomic mass is 16.5. The molecular weight excluding hydrogens is 218 g/mol. The number of ether oxygens (including phenoxy) is 3. The second-order valence-electron chi connectivity index (χ2n) is 4.53. The average Bonchev–Trinajstić information content (AvgIpc) is 2.33. The lowest BCUT2D eigenvalue weighted by atomic mass is 10.00. The second kappa shape index (κ2) is 4.94. The van der Waals surface area contributed by atoms with Crippen LogP contribution >= 0.6 is 0 Å². The summed E-state index contributed by atoms with van der Waals surface area (Å²) in [4.78, 5) is 0. The zero-order chi connectivity index (χ0) is 12.3. The fourth-order valence-corrected chi connectivity index (χ4v) is 1.81. The van der Waals surface area contributed by atoms with Crippen molar-refractivity contribution in [3.63, 3.8) is 0 Å². The SMILES string of the molecule is COc1ccc(COC2(C)CNC2)cc1OC. The maximum Gasteiger partial charge on any atom is 0.161 e. The lowest BCUT2D eigenvalue weighted by Gasteiger charge is -2.39. The number of rotatable bonds is 5. The van der Waals surface area contributed by atoms with E-state index in [2.05, 4.69) is 12.2 Å². The van der Waals surface area contributed by atoms with Gasteiger partial charge in [0.2, 0.25) is 0 Å². The minimum Gasteiger partial charge on any atom is -0.493 e. The van der Waals surface area contributed by atoms with Gasteiger partial charge in [0, 0.05) is 13.1 Å². The van der Waals surface area contributed by atoms with Crippen LogP contribution in [-0.2, 0) is 11.3 Å². The van der Waals surface area contributed by atoms with E-state index in [0.29, 0.717) is 6.61 Å². The molecule has 0 spiro atoms. The van der Waals surface area contributed by atoms with Crippen LogP contribution in [0.25, 0.3) is 0 Å². The third-order valence-electron chi connectivity index (χ3n) is 3.03. The second-order valence-corrected chi connectivity index (χ2v) is 4.53. The molecule has 0 aromatic heterocycles. The first-order valence-electron chi connectivity index (χ1n) is 5.72. The van der Waals surface area contributed by atoms with Crippen molar-refractivity contribution in [1.29, 1.82) is 0 Å². The molecule has 17 heavy (non-hydrogen) atoms. The highest BCUT2D eigenvalue weighted by molar-refractivity contribution is 5.42. The van der Waals surface area contributed by atoms with Gasteiger partial charge in [-0.05, 0) is 24.6 Å². The zero-order valence-electron chi connectivity index (χ0n) is 10.6. The standard InChI is InChI=1S/C13H19NO3/c1-13(8-14-9-13)17-7-10-4-5-11(15-2)12(6-10)16-3/h4-6,14H,7-9H2,1-3H3. The summed E-state index contributed by atoms with van der Waals surface area (Å²) in [6.45, 7) is 4.55. The summed E-state index contributed by atoms with van der Waals surface area (Å²) in [5, 5.41) is 3.21. The first kappa shape index (κ1) is 12.2. The fourth-order valence-electron chi connectivity index (χ4n) is 1.81. The van der Waals surface area contributed by atoms with Gasteiger partial charge in [-0.25, -0.2) is 0 Å². The summed E-state index contributed by atoms with van der Waals surface area (Å²) in [6, 6.07) is 5.85. The molecule has 0 atom stereocenters. The van der Waals surface area contributed by atoms with Crippen molar-refractivity contribution in [2.24, 2.45) is 0 Å². The Morgan fingerprint density at radius 3 is 2.41 bits per heavy atom. The van der Waals surface area contributed by atoms with Crippen LogP contribution in [0, 0.1) is 0 Å². The molecule has 94 valence electrons. The van der Waals surface area contributed by atoms with Gasteiger partial charge in [0.05, 0.1) is 26.4 Å². The summed E-state index contributed by atoms with van der Waals surface area (Å²) >= 11 is 0. The molecule has 1 aromatic rings. The lowest BCUT2D eigenvalue weighted by molar-refractivity contribution is -0.0767. The van der Waals surface area contributed by atoms with Crippen molar-refractivity contribution >= 4 is 0 Å². The van der Waals surface area contributed by atoms with Gasteiger partial charge in [0.1, 0.15) is 0 Å². The molecule has 0 radical (unpaired) electrons. The smallest absolute Gasteiger partial charge is 0.161 e. The Morgan fingerprint density at radius 1 is 1.18 bits per heavy atom. The van der Waals surface area contributed by atoms with Gasteiger partial charge in [-0.15, -0.1) is 0 Å². The van der Waals surface area contributed by atoms with Crippen molar-refractivity contribution < 1.29 is 14.2 Å². The van der Waals surface area contributed by atoms with E-state index < -0.39 is 0 Å². The van der Waals surface area contributed by atoms with Gasteiger partial charge in [-0.1, -0.05) is 6.07 Å². The van der Waals surface area contributed by atoms with E-state index in [1.807, 2.05) is 18.2 Å². The molecule has 4 nitrogen and oxygen atoms in total. The molecule has 1 aliphatic rings. The minimum absolute atomic E-state index is 0.0207. The molecular formula is C13H19NO3. The minimum atomic E-state index is -0.0207. The van der Waals surface area contributed by atoms with Crippen LogP contribution in [0.4, 0.5) is 0 Å². The maximum absolute atomic E-state index is 5.87. The summed E-state index contributed by atoms with van der Waals surface area (Å²) in [5.41, 5.74) is 1.07. The molecule has 0 saturated carbocycles. The molecule has 0 bridgehead atoms. The normalized spacial score (nSPS) is 17.4. The van der Waals surface area contributed by atoms with Crippen LogP contribution < -0.4 is 14.8 Å². The molecule has 0 aliphatic carbocycles. The predicted molar refractivity (Wildman–Crippen MR) is 65.6 cm³/mol. The molecule has 4 heteroatoms. The molecule has 1 aromatic carbocycles. The van der Waals surface area contributed by atoms with E-state index in [1.54, 1.807) is 14.2 Å². The Bertz CT molecular complexity index is 388. The van der Waals surface area contributed by atoms with E-state index in [4.69, 9.17) is 14.2 Å². The lowest BCUT2D eigenvalue weighted by Crippen LogP contribution is -2.58. The Hall–Kier alpha value is -1.26. The van der Waals surface area contributed by atoms with Crippen LogP contribution in [0.5, 0.6) is 11.5 Å². The van der Waals surface area contributed by atoms with Gasteiger partial charge >= 0.3 is 0 Å². The Labute approximate surface area is 102 Å². The van der Waals surface area contributed by atoms with Crippen molar-refractivity contribution in [2.75, 3.05) is 27.3 Å². The van der Waals surface area contributed by atoms with Gasteiger partial charge in [-0.2, -0.15) is 0 Å². The molecule has 0 unspecified atom stereocenters. The maximum atomic E-state index is 5.87. The number of hydrogen-bond donors (Lipinski definition) is 1. The van der Waals surface area contributed by atoms with Crippen molar-refractivity contribution in [2.45, 2.75) is 19.1 Å². The Morgan fingerprint density at radius 2 is 1.88 bits per heavy atom. The van der Waals surface area contributed by atoms with Gasteiger partial charge in [0.15, 0.2) is 11.5 Å². The Balaban J connectivity index is 2.01. The monoisotopic (exact) mass is 237 g/mol. The van der Waals surface area contributed by atoms with Gasteiger partial charge in [0.25, 0.3) is 0 Å². The van der Waals surface area contributed by atoms with E-state index in [0.717, 1.165) is 30.2 Å². The van der Waals surface area contributed by atoms with Gasteiger partial charge < -0.3 is 19.5 Å². The van der Waals surface area contributed by atoms with Crippen molar-refractivity contribution in [3.8, 4) is 11.5 Å². The number of hydrogen-bond acceptors (Lipinski definition) is 4. The molecule has 1 saturated heterocycles. The van der Waals surface area contributed by atoms with Crippen molar-refractivity contribution in [3.05, 3.63) is 23.8 Å². The number of nitrogens with one attached hydrogen (secondary N) is 1. The topological polar surface area (TPSA) is 39.7 Å². The van der Waals surface area contributed by atoms with E-state index >= 15 is 0 Å². The highest BCUT2D eigenvalue weighted by Crippen LogP contribution is 2.28. The van der Waals surface area contributed by atoms with E-state index in [-0.39, 0.29) is 5.60 Å². The quantitative estimate of drug-likeness (QED) is 0.844. The molecule has 1 aliphatic heterocycles. The Kier molecular flexibility index (Phi) is 3.54. The third kappa shape index (κ3) is 2.70. The van der Waals surface area contributed by atoms with Crippen molar-refractivity contribution in [1.82, 2.24) is 5.32 Å². The van der Waals surface area contributed by atoms with E-state index in [1.165, 1.54) is 0 Å². The first-order valence-corrected chi connectivity index (χ1v) is 5.72. The van der Waals surface area contributed by atoms with Crippen LogP contribution in [0.2, 0.25) is 0 Å². The predicted octanol–water partition coefficient (Wildman–Crippen LogP) is 1.58. The van der Waals surface area contributed by atoms with Crippen LogP contribution in [0.15, 0.2) is 18.2 Å². The van der Waals surface area contributed by atoms with E-state index in [9.17, 15) is 0 Å². The summed E-state index contributed by atoms with van der Waals surface area (Å²) in [6.07, 6.45) is 0. The summed E-state index contributed by atoms with van der Waals surface area (Å²) in [5.74, 6) is 1.48. The first-order chi connectivity index (χ1) is 8.17. The highest BCUT2D eigenvalue weighted by Gasteiger charge is 2.32. The zero-order valence-corrected chi connectivity index (χ0v) is 10.6. The molecule has 1 fully saturated rings. The number of benzene rings is 1. The molecule has 1 N–H and O–H groups in total. The summed E-state index contributed by atoms with van der Waals surface area (Å²) < 4.78 is 16.3. The molecule has 1 heterocycles. The van der Waals surface area contributed by atoms with Crippen LogP contribution in [0.1, 0.15) is 12.5 Å². The fraction of sp³-hybridized carbons (Fsp3) is 0.538. The van der Waals surface area contributed by atoms with Crippen LogP contribution in [0.3, 0.4) is 0 Å². The third-order valence-corrected chi connectivity index (χ3v) is 3.03. The number of methoxy groups -OCH3 is 2. The average molecular weight is 237 g/mol. The largest absolute Gasteiger partial charge is 0.493 e. The summed E-state index contributed by atoms with van der Waals surface area (Å²) in [7, 11) is 3.27. The van der Waals surface area contributed by atoms with Crippen LogP contribution in [-0.4, -0.2) is 32.9 Å². The molecule has 2 rings (SSSR count). The molecule has 0 amide bonds.